The molecule has 6 nitrogen and oxygen atoms in total. The van der Waals surface area contributed by atoms with Crippen LogP contribution in [-0.4, -0.2) is 54.1 Å². The monoisotopic (exact) mass is 397 g/mol. The fourth-order valence-electron chi connectivity index (χ4n) is 3.87. The molecule has 1 saturated carbocycles. The van der Waals surface area contributed by atoms with Crippen molar-refractivity contribution in [1.29, 1.82) is 0 Å². The van der Waals surface area contributed by atoms with Crippen LogP contribution in [0.3, 0.4) is 0 Å². The molecule has 1 aromatic heterocycles. The second-order valence-corrected chi connectivity index (χ2v) is 8.37. The van der Waals surface area contributed by atoms with Crippen molar-refractivity contribution < 1.29 is 4.79 Å². The van der Waals surface area contributed by atoms with Crippen LogP contribution in [0.15, 0.2) is 47.5 Å². The lowest BCUT2D eigenvalue weighted by molar-refractivity contribution is -0.119. The molecule has 0 atom stereocenters. The third-order valence-electron chi connectivity index (χ3n) is 5.42. The summed E-state index contributed by atoms with van der Waals surface area (Å²) in [6, 6.07) is 14.9. The van der Waals surface area contributed by atoms with Crippen molar-refractivity contribution in [3.63, 3.8) is 0 Å². The van der Waals surface area contributed by atoms with Crippen LogP contribution in [0.1, 0.15) is 25.7 Å². The average molecular weight is 398 g/mol. The summed E-state index contributed by atoms with van der Waals surface area (Å²) in [7, 11) is 0. The number of carbonyl (C=O) groups excluding carboxylic acids is 1. The summed E-state index contributed by atoms with van der Waals surface area (Å²) in [5, 5.41) is 12.6. The van der Waals surface area contributed by atoms with E-state index < -0.39 is 0 Å². The lowest BCUT2D eigenvalue weighted by atomic mass is 10.2. The minimum Gasteiger partial charge on any atom is -0.368 e. The fraction of sp³-hybridized carbons (Fsp3) is 0.476. The van der Waals surface area contributed by atoms with E-state index in [0.29, 0.717) is 11.8 Å². The molecular weight excluding hydrogens is 370 g/mol. The lowest BCUT2D eigenvalue weighted by Gasteiger charge is -2.36. The minimum atomic E-state index is 0.0970. The highest BCUT2D eigenvalue weighted by molar-refractivity contribution is 7.99. The van der Waals surface area contributed by atoms with Crippen LogP contribution >= 0.6 is 11.8 Å². The molecule has 1 aliphatic carbocycles. The van der Waals surface area contributed by atoms with E-state index in [1.54, 1.807) is 0 Å². The van der Waals surface area contributed by atoms with Crippen molar-refractivity contribution in [1.82, 2.24) is 15.5 Å². The van der Waals surface area contributed by atoms with E-state index >= 15 is 0 Å². The molecule has 0 radical (unpaired) electrons. The van der Waals surface area contributed by atoms with Gasteiger partial charge in [0, 0.05) is 37.9 Å². The quantitative estimate of drug-likeness (QED) is 0.756. The van der Waals surface area contributed by atoms with Crippen molar-refractivity contribution in [2.45, 2.75) is 36.8 Å². The van der Waals surface area contributed by atoms with Gasteiger partial charge in [0.05, 0.1) is 5.75 Å². The van der Waals surface area contributed by atoms with Gasteiger partial charge in [-0.3, -0.25) is 4.79 Å². The first-order valence-electron chi connectivity index (χ1n) is 10.1. The zero-order chi connectivity index (χ0) is 19.2. The van der Waals surface area contributed by atoms with Gasteiger partial charge in [0.1, 0.15) is 5.03 Å². The zero-order valence-electron chi connectivity index (χ0n) is 16.1. The molecule has 0 unspecified atom stereocenters. The molecule has 1 N–H and O–H groups in total. The predicted octanol–water partition coefficient (Wildman–Crippen LogP) is 2.95. The summed E-state index contributed by atoms with van der Waals surface area (Å²) in [5.74, 6) is 1.41. The van der Waals surface area contributed by atoms with Crippen LogP contribution in [0.5, 0.6) is 0 Å². The molecule has 2 aliphatic rings. The van der Waals surface area contributed by atoms with E-state index in [4.69, 9.17) is 0 Å². The van der Waals surface area contributed by atoms with Gasteiger partial charge in [0.2, 0.25) is 5.91 Å². The van der Waals surface area contributed by atoms with Gasteiger partial charge in [-0.15, -0.1) is 10.2 Å². The number of rotatable bonds is 6. The van der Waals surface area contributed by atoms with Gasteiger partial charge in [-0.2, -0.15) is 0 Å². The maximum atomic E-state index is 12.0. The van der Waals surface area contributed by atoms with Crippen molar-refractivity contribution in [3.05, 3.63) is 42.5 Å². The number of hydrogen-bond donors (Lipinski definition) is 1. The molecule has 7 heteroatoms. The second kappa shape index (κ2) is 9.28. The molecule has 1 aromatic carbocycles. The highest BCUT2D eigenvalue weighted by Crippen LogP contribution is 2.21. The van der Waals surface area contributed by atoms with Gasteiger partial charge in [-0.1, -0.05) is 42.8 Å². The van der Waals surface area contributed by atoms with E-state index in [0.717, 1.165) is 49.9 Å². The van der Waals surface area contributed by atoms with E-state index in [-0.39, 0.29) is 5.91 Å². The second-order valence-electron chi connectivity index (χ2n) is 7.38. The SMILES string of the molecule is O=C(CSc1ccc(N2CCN(c3ccccc3)CC2)nn1)NC1CCCC1. The Kier molecular flexibility index (Phi) is 6.31. The highest BCUT2D eigenvalue weighted by Gasteiger charge is 2.19. The van der Waals surface area contributed by atoms with Crippen molar-refractivity contribution in [2.75, 3.05) is 41.7 Å². The number of hydrogen-bond acceptors (Lipinski definition) is 6. The Morgan fingerprint density at radius 1 is 0.964 bits per heavy atom. The number of nitrogens with zero attached hydrogens (tertiary/aromatic N) is 4. The first kappa shape index (κ1) is 19.1. The maximum Gasteiger partial charge on any atom is 0.230 e. The van der Waals surface area contributed by atoms with E-state index in [2.05, 4.69) is 49.6 Å². The van der Waals surface area contributed by atoms with Crippen LogP contribution in [0.25, 0.3) is 0 Å². The molecule has 4 rings (SSSR count). The smallest absolute Gasteiger partial charge is 0.230 e. The van der Waals surface area contributed by atoms with Gasteiger partial charge in [0.25, 0.3) is 0 Å². The molecule has 28 heavy (non-hydrogen) atoms. The van der Waals surface area contributed by atoms with Crippen LogP contribution in [0.4, 0.5) is 11.5 Å². The summed E-state index contributed by atoms with van der Waals surface area (Å²) in [4.78, 5) is 16.7. The molecule has 2 aromatic rings. The fourth-order valence-corrected chi connectivity index (χ4v) is 4.50. The molecular formula is C21H27N5OS. The molecule has 148 valence electrons. The van der Waals surface area contributed by atoms with Crippen molar-refractivity contribution in [2.24, 2.45) is 0 Å². The number of benzene rings is 1. The maximum absolute atomic E-state index is 12.0. The number of anilines is 2. The molecule has 1 aliphatic heterocycles. The van der Waals surface area contributed by atoms with Crippen molar-refractivity contribution >= 4 is 29.2 Å². The number of thioether (sulfide) groups is 1. The Balaban J connectivity index is 1.24. The van der Waals surface area contributed by atoms with E-state index in [1.807, 2.05) is 18.2 Å². The number of nitrogens with one attached hydrogen (secondary N) is 1. The summed E-state index contributed by atoms with van der Waals surface area (Å²) in [5.41, 5.74) is 1.27. The zero-order valence-corrected chi connectivity index (χ0v) is 16.9. The Labute approximate surface area is 170 Å². The summed E-state index contributed by atoms with van der Waals surface area (Å²) >= 11 is 1.45. The van der Waals surface area contributed by atoms with Gasteiger partial charge >= 0.3 is 0 Å². The van der Waals surface area contributed by atoms with Gasteiger partial charge in [-0.25, -0.2) is 0 Å². The van der Waals surface area contributed by atoms with E-state index in [1.165, 1.54) is 30.3 Å². The number of amides is 1. The summed E-state index contributed by atoms with van der Waals surface area (Å²) < 4.78 is 0. The predicted molar refractivity (Wildman–Crippen MR) is 114 cm³/mol. The molecule has 2 heterocycles. The first-order valence-corrected chi connectivity index (χ1v) is 11.1. The highest BCUT2D eigenvalue weighted by atomic mass is 32.2. The number of carbonyl (C=O) groups is 1. The standard InChI is InChI=1S/C21H27N5OS/c27-20(22-17-6-4-5-7-17)16-28-21-11-10-19(23-24-21)26-14-12-25(13-15-26)18-8-2-1-3-9-18/h1-3,8-11,17H,4-7,12-16H2,(H,22,27). The van der Waals surface area contributed by atoms with Gasteiger partial charge < -0.3 is 15.1 Å². The molecule has 2 fully saturated rings. The third-order valence-corrected chi connectivity index (χ3v) is 6.34. The lowest BCUT2D eigenvalue weighted by Crippen LogP contribution is -2.46. The largest absolute Gasteiger partial charge is 0.368 e. The van der Waals surface area contributed by atoms with Crippen LogP contribution < -0.4 is 15.1 Å². The Morgan fingerprint density at radius 2 is 1.68 bits per heavy atom. The molecule has 1 amide bonds. The summed E-state index contributed by atoms with van der Waals surface area (Å²) in [6.45, 7) is 3.81. The van der Waals surface area contributed by atoms with Gasteiger partial charge in [-0.05, 0) is 37.1 Å². The Bertz CT molecular complexity index is 756. The molecule has 1 saturated heterocycles. The third kappa shape index (κ3) is 4.95. The number of piperazine rings is 1. The number of para-hydroxylation sites is 1. The van der Waals surface area contributed by atoms with Crippen LogP contribution in [-0.2, 0) is 4.79 Å². The van der Waals surface area contributed by atoms with Crippen LogP contribution in [0.2, 0.25) is 0 Å². The average Bonchev–Trinajstić information content (AvgIpc) is 3.26. The molecule has 0 spiro atoms. The molecule has 0 bridgehead atoms. The topological polar surface area (TPSA) is 61.4 Å². The summed E-state index contributed by atoms with van der Waals surface area (Å²) in [6.07, 6.45) is 4.68. The van der Waals surface area contributed by atoms with Crippen LogP contribution in [0, 0.1) is 0 Å². The van der Waals surface area contributed by atoms with Gasteiger partial charge in [0.15, 0.2) is 5.82 Å². The Hall–Kier alpha value is -2.28. The van der Waals surface area contributed by atoms with E-state index in [9.17, 15) is 4.79 Å². The van der Waals surface area contributed by atoms with Crippen molar-refractivity contribution in [3.8, 4) is 0 Å². The normalized spacial score (nSPS) is 17.7. The number of aromatic nitrogens is 2. The first-order chi connectivity index (χ1) is 13.8. The Morgan fingerprint density at radius 3 is 2.36 bits per heavy atom. The minimum absolute atomic E-state index is 0.0970.